The van der Waals surface area contributed by atoms with E-state index in [1.54, 1.807) is 12.1 Å². The van der Waals surface area contributed by atoms with Crippen LogP contribution in [0.15, 0.2) is 59.0 Å². The third-order valence-electron chi connectivity index (χ3n) is 3.95. The van der Waals surface area contributed by atoms with Gasteiger partial charge in [-0.25, -0.2) is 0 Å². The first-order chi connectivity index (χ1) is 12.1. The molecule has 0 saturated heterocycles. The van der Waals surface area contributed by atoms with Gasteiger partial charge in [-0.2, -0.15) is 0 Å². The molecule has 2 N–H and O–H groups in total. The number of rotatable bonds is 6. The summed E-state index contributed by atoms with van der Waals surface area (Å²) in [6.07, 6.45) is 0.615. The molecule has 128 valence electrons. The molecule has 0 aliphatic heterocycles. The van der Waals surface area contributed by atoms with Gasteiger partial charge in [0, 0.05) is 18.1 Å². The van der Waals surface area contributed by atoms with E-state index in [0.717, 1.165) is 22.6 Å². The largest absolute Gasteiger partial charge is 0.491 e. The maximum atomic E-state index is 10.9. The van der Waals surface area contributed by atoms with E-state index in [1.807, 2.05) is 43.3 Å². The number of nitro groups is 1. The zero-order valence-electron chi connectivity index (χ0n) is 13.8. The van der Waals surface area contributed by atoms with Crippen LogP contribution in [0.1, 0.15) is 11.3 Å². The van der Waals surface area contributed by atoms with E-state index in [-0.39, 0.29) is 11.4 Å². The van der Waals surface area contributed by atoms with Crippen molar-refractivity contribution in [3.8, 4) is 17.1 Å². The highest BCUT2D eigenvalue weighted by Crippen LogP contribution is 2.31. The number of anilines is 1. The standard InChI is InChI=1S/C19H18N2O4/c1-13-15(12-18(25-13)14-6-3-2-4-7-14)10-11-24-17-9-5-8-16(19(17)20)21(22)23/h2-9,12H,10-11,20H2,1H3. The maximum Gasteiger partial charge on any atom is 0.295 e. The van der Waals surface area contributed by atoms with Gasteiger partial charge in [0.25, 0.3) is 5.69 Å². The van der Waals surface area contributed by atoms with Crippen LogP contribution in [0.4, 0.5) is 11.4 Å². The summed E-state index contributed by atoms with van der Waals surface area (Å²) in [5.74, 6) is 1.95. The number of furan rings is 1. The first-order valence-corrected chi connectivity index (χ1v) is 7.86. The van der Waals surface area contributed by atoms with Crippen LogP contribution in [0.3, 0.4) is 0 Å². The van der Waals surface area contributed by atoms with Gasteiger partial charge in [-0.15, -0.1) is 0 Å². The molecule has 0 aliphatic carbocycles. The van der Waals surface area contributed by atoms with Crippen molar-refractivity contribution >= 4 is 11.4 Å². The van der Waals surface area contributed by atoms with Gasteiger partial charge in [0.1, 0.15) is 17.3 Å². The molecule has 1 heterocycles. The Morgan fingerprint density at radius 1 is 1.16 bits per heavy atom. The van der Waals surface area contributed by atoms with Gasteiger partial charge >= 0.3 is 0 Å². The quantitative estimate of drug-likeness (QED) is 0.409. The van der Waals surface area contributed by atoms with E-state index >= 15 is 0 Å². The van der Waals surface area contributed by atoms with Crippen LogP contribution in [0, 0.1) is 17.0 Å². The molecule has 25 heavy (non-hydrogen) atoms. The number of ether oxygens (including phenoxy) is 1. The van der Waals surface area contributed by atoms with Crippen LogP contribution in [-0.2, 0) is 6.42 Å². The summed E-state index contributed by atoms with van der Waals surface area (Å²) in [5, 5.41) is 10.9. The van der Waals surface area contributed by atoms with Crippen molar-refractivity contribution < 1.29 is 14.1 Å². The second-order valence-corrected chi connectivity index (χ2v) is 5.60. The van der Waals surface area contributed by atoms with Crippen molar-refractivity contribution in [2.24, 2.45) is 0 Å². The molecule has 0 aliphatic rings. The Morgan fingerprint density at radius 2 is 1.92 bits per heavy atom. The zero-order chi connectivity index (χ0) is 17.8. The second-order valence-electron chi connectivity index (χ2n) is 5.60. The fourth-order valence-corrected chi connectivity index (χ4v) is 2.60. The molecule has 6 heteroatoms. The van der Waals surface area contributed by atoms with Gasteiger partial charge < -0.3 is 14.9 Å². The first-order valence-electron chi connectivity index (χ1n) is 7.86. The van der Waals surface area contributed by atoms with E-state index in [0.29, 0.717) is 18.8 Å². The number of nitrogens with two attached hydrogens (primary N) is 1. The molecule has 0 saturated carbocycles. The van der Waals surface area contributed by atoms with Gasteiger partial charge in [-0.05, 0) is 24.6 Å². The molecule has 0 spiro atoms. The van der Waals surface area contributed by atoms with Crippen molar-refractivity contribution in [1.82, 2.24) is 0 Å². The van der Waals surface area contributed by atoms with Crippen LogP contribution in [0.5, 0.6) is 5.75 Å². The first kappa shape index (κ1) is 16.6. The lowest BCUT2D eigenvalue weighted by molar-refractivity contribution is -0.384. The van der Waals surface area contributed by atoms with Crippen molar-refractivity contribution in [1.29, 1.82) is 0 Å². The summed E-state index contributed by atoms with van der Waals surface area (Å²) in [6, 6.07) is 16.4. The zero-order valence-corrected chi connectivity index (χ0v) is 13.8. The van der Waals surface area contributed by atoms with Crippen LogP contribution < -0.4 is 10.5 Å². The van der Waals surface area contributed by atoms with Gasteiger partial charge in [0.2, 0.25) is 0 Å². The lowest BCUT2D eigenvalue weighted by Gasteiger charge is -2.08. The normalized spacial score (nSPS) is 10.6. The van der Waals surface area contributed by atoms with E-state index in [2.05, 4.69) is 0 Å². The SMILES string of the molecule is Cc1oc(-c2ccccc2)cc1CCOc1cccc([N+](=O)[O-])c1N. The van der Waals surface area contributed by atoms with Gasteiger partial charge in [0.05, 0.1) is 11.5 Å². The number of para-hydroxylation sites is 1. The summed E-state index contributed by atoms with van der Waals surface area (Å²) >= 11 is 0. The van der Waals surface area contributed by atoms with E-state index in [9.17, 15) is 10.1 Å². The molecule has 1 aromatic heterocycles. The average Bonchev–Trinajstić information content (AvgIpc) is 2.98. The predicted octanol–water partition coefficient (Wildman–Crippen LogP) is 4.37. The number of hydrogen-bond acceptors (Lipinski definition) is 5. The molecule has 6 nitrogen and oxygen atoms in total. The molecular weight excluding hydrogens is 320 g/mol. The van der Waals surface area contributed by atoms with Crippen molar-refractivity contribution in [2.45, 2.75) is 13.3 Å². The third-order valence-corrected chi connectivity index (χ3v) is 3.95. The highest BCUT2D eigenvalue weighted by atomic mass is 16.6. The fourth-order valence-electron chi connectivity index (χ4n) is 2.60. The number of nitrogens with zero attached hydrogens (tertiary/aromatic N) is 1. The topological polar surface area (TPSA) is 91.5 Å². The van der Waals surface area contributed by atoms with Crippen LogP contribution >= 0.6 is 0 Å². The smallest absolute Gasteiger partial charge is 0.295 e. The van der Waals surface area contributed by atoms with Gasteiger partial charge in [0.15, 0.2) is 5.69 Å². The Kier molecular flexibility index (Phi) is 4.70. The van der Waals surface area contributed by atoms with E-state index in [4.69, 9.17) is 14.9 Å². The fraction of sp³-hybridized carbons (Fsp3) is 0.158. The number of aryl methyl sites for hydroxylation is 1. The molecule has 3 rings (SSSR count). The van der Waals surface area contributed by atoms with E-state index in [1.165, 1.54) is 6.07 Å². The summed E-state index contributed by atoms with van der Waals surface area (Å²) in [6.45, 7) is 2.25. The Balaban J connectivity index is 1.68. The number of nitrogen functional groups attached to an aromatic ring is 1. The maximum absolute atomic E-state index is 10.9. The molecule has 2 aromatic carbocycles. The Bertz CT molecular complexity index is 888. The number of hydrogen-bond donors (Lipinski definition) is 1. The number of benzene rings is 2. The summed E-state index contributed by atoms with van der Waals surface area (Å²) in [5.41, 5.74) is 7.73. The van der Waals surface area contributed by atoms with Crippen molar-refractivity contribution in [3.63, 3.8) is 0 Å². The highest BCUT2D eigenvalue weighted by molar-refractivity contribution is 5.66. The molecule has 0 radical (unpaired) electrons. The van der Waals surface area contributed by atoms with Crippen molar-refractivity contribution in [3.05, 3.63) is 76.0 Å². The second kappa shape index (κ2) is 7.09. The minimum absolute atomic E-state index is 0.0430. The van der Waals surface area contributed by atoms with E-state index < -0.39 is 4.92 Å². The van der Waals surface area contributed by atoms with Crippen LogP contribution in [-0.4, -0.2) is 11.5 Å². The molecular formula is C19H18N2O4. The average molecular weight is 338 g/mol. The van der Waals surface area contributed by atoms with Crippen LogP contribution in [0.2, 0.25) is 0 Å². The summed E-state index contributed by atoms with van der Waals surface area (Å²) in [4.78, 5) is 10.4. The monoisotopic (exact) mass is 338 g/mol. The van der Waals surface area contributed by atoms with Crippen molar-refractivity contribution in [2.75, 3.05) is 12.3 Å². The lowest BCUT2D eigenvalue weighted by Crippen LogP contribution is -2.05. The Hall–Kier alpha value is -3.28. The Morgan fingerprint density at radius 3 is 2.64 bits per heavy atom. The minimum Gasteiger partial charge on any atom is -0.491 e. The minimum atomic E-state index is -0.519. The molecule has 0 unspecified atom stereocenters. The molecule has 0 amide bonds. The van der Waals surface area contributed by atoms with Gasteiger partial charge in [-0.1, -0.05) is 36.4 Å². The Labute approximate surface area is 145 Å². The predicted molar refractivity (Wildman–Crippen MR) is 95.6 cm³/mol. The third kappa shape index (κ3) is 3.63. The molecule has 0 fully saturated rings. The number of nitro benzene ring substituents is 1. The highest BCUT2D eigenvalue weighted by Gasteiger charge is 2.15. The summed E-state index contributed by atoms with van der Waals surface area (Å²) in [7, 11) is 0. The summed E-state index contributed by atoms with van der Waals surface area (Å²) < 4.78 is 11.4. The molecule has 0 bridgehead atoms. The molecule has 3 aromatic rings. The van der Waals surface area contributed by atoms with Gasteiger partial charge in [-0.3, -0.25) is 10.1 Å². The lowest BCUT2D eigenvalue weighted by atomic mass is 10.1. The van der Waals surface area contributed by atoms with Crippen LogP contribution in [0.25, 0.3) is 11.3 Å². The molecule has 0 atom stereocenters.